The molecule has 1 N–H and O–H groups in total. The summed E-state index contributed by atoms with van der Waals surface area (Å²) in [4.78, 5) is 0. The number of aliphatic hydroxyl groups excluding tert-OH is 1. The number of thioether (sulfide) groups is 1. The fraction of sp³-hybridized carbons (Fsp3) is 0.250. The largest absolute Gasteiger partial charge is 0.395 e. The Morgan fingerprint density at radius 2 is 1.42 bits per heavy atom. The van der Waals surface area contributed by atoms with Crippen LogP contribution in [-0.2, 0) is 0 Å². The molecule has 0 aliphatic carbocycles. The quantitative estimate of drug-likeness (QED) is 0.795. The number of rotatable bonds is 6. The second kappa shape index (κ2) is 7.59. The lowest BCUT2D eigenvalue weighted by atomic mass is 10.1. The summed E-state index contributed by atoms with van der Waals surface area (Å²) in [7, 11) is 0. The number of hydrogen-bond donors (Lipinski definition) is 1. The highest BCUT2D eigenvalue weighted by atomic mass is 35.5. The maximum Gasteiger partial charge on any atom is 0.0675 e. The fourth-order valence-corrected chi connectivity index (χ4v) is 3.29. The van der Waals surface area contributed by atoms with Crippen LogP contribution in [0, 0.1) is 0 Å². The highest BCUT2D eigenvalue weighted by Gasteiger charge is 2.14. The van der Waals surface area contributed by atoms with E-state index in [9.17, 15) is 5.11 Å². The molecule has 0 fully saturated rings. The minimum Gasteiger partial charge on any atom is -0.395 e. The lowest BCUT2D eigenvalue weighted by Gasteiger charge is -2.16. The standard InChI is InChI=1S/C16H17ClOS/c17-15(13-7-3-1-4-8-13)12-19-16(11-18)14-9-5-2-6-10-14/h1-10,15-16,18H,11-12H2. The first kappa shape index (κ1) is 14.4. The van der Waals surface area contributed by atoms with Crippen LogP contribution in [0.5, 0.6) is 0 Å². The average Bonchev–Trinajstić information content (AvgIpc) is 2.49. The van der Waals surface area contributed by atoms with Gasteiger partial charge in [0.25, 0.3) is 0 Å². The van der Waals surface area contributed by atoms with E-state index in [4.69, 9.17) is 11.6 Å². The third-order valence-corrected chi connectivity index (χ3v) is 4.88. The van der Waals surface area contributed by atoms with Crippen LogP contribution in [0.4, 0.5) is 0 Å². The second-order valence-corrected chi connectivity index (χ2v) is 6.06. The summed E-state index contributed by atoms with van der Waals surface area (Å²) in [6.45, 7) is 0.132. The van der Waals surface area contributed by atoms with Crippen molar-refractivity contribution in [3.8, 4) is 0 Å². The van der Waals surface area contributed by atoms with Crippen LogP contribution in [0.1, 0.15) is 21.8 Å². The first-order chi connectivity index (χ1) is 9.31. The first-order valence-corrected chi connectivity index (χ1v) is 7.76. The maximum atomic E-state index is 9.50. The monoisotopic (exact) mass is 292 g/mol. The first-order valence-electron chi connectivity index (χ1n) is 6.27. The molecule has 0 saturated carbocycles. The zero-order valence-electron chi connectivity index (χ0n) is 10.6. The SMILES string of the molecule is OCC(SCC(Cl)c1ccccc1)c1ccccc1. The van der Waals surface area contributed by atoms with Gasteiger partial charge in [0.2, 0.25) is 0 Å². The van der Waals surface area contributed by atoms with Crippen molar-refractivity contribution in [2.24, 2.45) is 0 Å². The van der Waals surface area contributed by atoms with Crippen molar-refractivity contribution >= 4 is 23.4 Å². The van der Waals surface area contributed by atoms with E-state index in [2.05, 4.69) is 0 Å². The minimum absolute atomic E-state index is 0.0241. The zero-order chi connectivity index (χ0) is 13.5. The van der Waals surface area contributed by atoms with Crippen LogP contribution in [0.15, 0.2) is 60.7 Å². The van der Waals surface area contributed by atoms with Crippen molar-refractivity contribution in [3.63, 3.8) is 0 Å². The fourth-order valence-electron chi connectivity index (χ4n) is 1.88. The minimum atomic E-state index is -0.0241. The lowest BCUT2D eigenvalue weighted by molar-refractivity contribution is 0.296. The van der Waals surface area contributed by atoms with E-state index in [1.165, 1.54) is 0 Å². The van der Waals surface area contributed by atoms with Crippen LogP contribution in [-0.4, -0.2) is 17.5 Å². The third kappa shape index (κ3) is 4.27. The van der Waals surface area contributed by atoms with E-state index in [1.54, 1.807) is 11.8 Å². The van der Waals surface area contributed by atoms with Gasteiger partial charge in [0.05, 0.1) is 17.2 Å². The Bertz CT molecular complexity index is 475. The molecule has 0 amide bonds. The Labute approximate surface area is 123 Å². The van der Waals surface area contributed by atoms with Crippen molar-refractivity contribution in [3.05, 3.63) is 71.8 Å². The van der Waals surface area contributed by atoms with Crippen LogP contribution in [0.2, 0.25) is 0 Å². The lowest BCUT2D eigenvalue weighted by Crippen LogP contribution is -2.03. The highest BCUT2D eigenvalue weighted by molar-refractivity contribution is 7.99. The van der Waals surface area contributed by atoms with Crippen molar-refractivity contribution in [1.29, 1.82) is 0 Å². The molecular formula is C16H17ClOS. The Hall–Kier alpha value is -0.960. The Morgan fingerprint density at radius 3 is 1.95 bits per heavy atom. The topological polar surface area (TPSA) is 20.2 Å². The van der Waals surface area contributed by atoms with E-state index in [-0.39, 0.29) is 17.2 Å². The van der Waals surface area contributed by atoms with Gasteiger partial charge in [-0.1, -0.05) is 60.7 Å². The number of halogens is 1. The molecule has 0 radical (unpaired) electrons. The van der Waals surface area contributed by atoms with Crippen molar-refractivity contribution in [2.75, 3.05) is 12.4 Å². The van der Waals surface area contributed by atoms with Gasteiger partial charge in [0, 0.05) is 5.75 Å². The smallest absolute Gasteiger partial charge is 0.0675 e. The molecule has 1 nitrogen and oxygen atoms in total. The summed E-state index contributed by atoms with van der Waals surface area (Å²) >= 11 is 8.09. The zero-order valence-corrected chi connectivity index (χ0v) is 12.1. The summed E-state index contributed by atoms with van der Waals surface area (Å²) in [5, 5.41) is 9.56. The van der Waals surface area contributed by atoms with Crippen LogP contribution in [0.3, 0.4) is 0 Å². The van der Waals surface area contributed by atoms with Gasteiger partial charge in [0.1, 0.15) is 0 Å². The molecule has 3 heteroatoms. The van der Waals surface area contributed by atoms with Crippen LogP contribution < -0.4 is 0 Å². The van der Waals surface area contributed by atoms with Gasteiger partial charge in [-0.05, 0) is 11.1 Å². The maximum absolute atomic E-state index is 9.50. The molecule has 19 heavy (non-hydrogen) atoms. The van der Waals surface area contributed by atoms with Crippen LogP contribution in [0.25, 0.3) is 0 Å². The molecule has 100 valence electrons. The van der Waals surface area contributed by atoms with Crippen molar-refractivity contribution in [1.82, 2.24) is 0 Å². The molecule has 0 aliphatic heterocycles. The van der Waals surface area contributed by atoms with Crippen molar-refractivity contribution < 1.29 is 5.11 Å². The summed E-state index contributed by atoms with van der Waals surface area (Å²) in [6.07, 6.45) is 0. The van der Waals surface area contributed by atoms with E-state index < -0.39 is 0 Å². The average molecular weight is 293 g/mol. The van der Waals surface area contributed by atoms with Gasteiger partial charge in [-0.2, -0.15) is 0 Å². The van der Waals surface area contributed by atoms with Gasteiger partial charge < -0.3 is 5.11 Å². The number of alkyl halides is 1. The normalized spacial score (nSPS) is 14.0. The molecule has 0 heterocycles. The highest BCUT2D eigenvalue weighted by Crippen LogP contribution is 2.33. The molecule has 2 rings (SSSR count). The van der Waals surface area contributed by atoms with Gasteiger partial charge >= 0.3 is 0 Å². The van der Waals surface area contributed by atoms with Gasteiger partial charge in [-0.25, -0.2) is 0 Å². The number of benzene rings is 2. The molecule has 0 aliphatic rings. The second-order valence-electron chi connectivity index (χ2n) is 4.29. The molecule has 0 bridgehead atoms. The number of hydrogen-bond acceptors (Lipinski definition) is 2. The Morgan fingerprint density at radius 1 is 0.895 bits per heavy atom. The summed E-state index contributed by atoms with van der Waals surface area (Å²) in [5.74, 6) is 0.783. The van der Waals surface area contributed by atoms with E-state index in [0.29, 0.717) is 0 Å². The number of aliphatic hydroxyl groups is 1. The summed E-state index contributed by atoms with van der Waals surface area (Å²) < 4.78 is 0. The Kier molecular flexibility index (Phi) is 5.77. The summed E-state index contributed by atoms with van der Waals surface area (Å²) in [5.41, 5.74) is 2.27. The molecule has 0 aromatic heterocycles. The van der Waals surface area contributed by atoms with E-state index in [1.807, 2.05) is 60.7 Å². The van der Waals surface area contributed by atoms with Gasteiger partial charge in [-0.15, -0.1) is 23.4 Å². The third-order valence-electron chi connectivity index (χ3n) is 2.94. The molecule has 2 unspecified atom stereocenters. The predicted octanol–water partition coefficient (Wildman–Crippen LogP) is 4.43. The molecule has 0 saturated heterocycles. The molecular weight excluding hydrogens is 276 g/mol. The molecule has 2 atom stereocenters. The predicted molar refractivity (Wildman–Crippen MR) is 83.8 cm³/mol. The van der Waals surface area contributed by atoms with Crippen LogP contribution >= 0.6 is 23.4 Å². The molecule has 2 aromatic rings. The van der Waals surface area contributed by atoms with Gasteiger partial charge in [0.15, 0.2) is 0 Å². The van der Waals surface area contributed by atoms with Crippen molar-refractivity contribution in [2.45, 2.75) is 10.6 Å². The van der Waals surface area contributed by atoms with E-state index >= 15 is 0 Å². The molecule has 2 aromatic carbocycles. The summed E-state index contributed by atoms with van der Waals surface area (Å²) in [6, 6.07) is 20.1. The molecule has 0 spiro atoms. The van der Waals surface area contributed by atoms with Gasteiger partial charge in [-0.3, -0.25) is 0 Å². The Balaban J connectivity index is 1.94. The van der Waals surface area contributed by atoms with E-state index in [0.717, 1.165) is 16.9 Å².